The lowest BCUT2D eigenvalue weighted by Gasteiger charge is -2.09. The van der Waals surface area contributed by atoms with Crippen molar-refractivity contribution in [1.82, 2.24) is 0 Å². The zero-order chi connectivity index (χ0) is 23.5. The Morgan fingerprint density at radius 2 is 1.16 bits per heavy atom. The van der Waals surface area contributed by atoms with Gasteiger partial charge in [0.2, 0.25) is 13.6 Å². The molecular formula is C31H40O6. The predicted octanol–water partition coefficient (Wildman–Crippen LogP) is 7.95. The van der Waals surface area contributed by atoms with E-state index in [2.05, 4.69) is 6.58 Å². The van der Waals surface area contributed by atoms with E-state index in [0.29, 0.717) is 17.1 Å². The minimum absolute atomic E-state index is 0. The molecule has 0 bridgehead atoms. The van der Waals surface area contributed by atoms with Crippen LogP contribution < -0.4 is 9.47 Å². The molecule has 0 aromatic heterocycles. The highest BCUT2D eigenvalue weighted by Gasteiger charge is 2.04. The van der Waals surface area contributed by atoms with Gasteiger partial charge >= 0.3 is 11.9 Å². The third-order valence-electron chi connectivity index (χ3n) is 4.44. The molecule has 3 aromatic carbocycles. The fourth-order valence-electron chi connectivity index (χ4n) is 2.69. The van der Waals surface area contributed by atoms with Crippen molar-refractivity contribution < 1.29 is 28.5 Å². The number of carbonyl (C=O) groups is 2. The lowest BCUT2D eigenvalue weighted by molar-refractivity contribution is -0.145. The van der Waals surface area contributed by atoms with Crippen LogP contribution in [0.4, 0.5) is 0 Å². The second-order valence-electron chi connectivity index (χ2n) is 6.99. The van der Waals surface area contributed by atoms with Crippen LogP contribution in [0.1, 0.15) is 42.2 Å². The number of hydrogen-bond acceptors (Lipinski definition) is 6. The summed E-state index contributed by atoms with van der Waals surface area (Å²) in [5.41, 5.74) is 3.19. The molecule has 0 radical (unpaired) electrons. The van der Waals surface area contributed by atoms with Gasteiger partial charge in [-0.1, -0.05) is 90.9 Å². The molecule has 0 aliphatic heterocycles. The number of hydrogen-bond donors (Lipinski definition) is 0. The summed E-state index contributed by atoms with van der Waals surface area (Å²) in [7, 11) is 0. The number of rotatable bonds is 10. The zero-order valence-corrected chi connectivity index (χ0v) is 18.2. The maximum Gasteiger partial charge on any atom is 0.335 e. The molecule has 0 saturated heterocycles. The Hall–Kier alpha value is -4.32. The van der Waals surface area contributed by atoms with Gasteiger partial charge < -0.3 is 18.9 Å². The van der Waals surface area contributed by atoms with Gasteiger partial charge in [-0.25, -0.2) is 9.59 Å². The van der Waals surface area contributed by atoms with Crippen molar-refractivity contribution in [3.8, 4) is 22.6 Å². The number of benzene rings is 3. The van der Waals surface area contributed by atoms with Crippen LogP contribution >= 0.6 is 0 Å². The molecule has 0 spiro atoms. The summed E-state index contributed by atoms with van der Waals surface area (Å²) in [5, 5.41) is 0. The first-order valence-electron chi connectivity index (χ1n) is 10.2. The number of carbonyl (C=O) groups excluding carboxylic acids is 2. The standard InChI is InChI=1S/C27H24O6.4CH4/c1-20(2)27(29)33-19-31-25-15-11-23(12-16-25)22-9-13-24(14-10-22)30-18-32-26(28)17-8-21-6-4-3-5-7-21;;;;/h3-17H,1,18-19H2,2H3;4*1H4. The van der Waals surface area contributed by atoms with Gasteiger partial charge in [-0.05, 0) is 54.0 Å². The molecule has 0 aliphatic rings. The van der Waals surface area contributed by atoms with Gasteiger partial charge in [0.15, 0.2) is 0 Å². The Bertz CT molecular complexity index is 1100. The summed E-state index contributed by atoms with van der Waals surface area (Å²) < 4.78 is 20.8. The fraction of sp³-hybridized carbons (Fsp3) is 0.226. The highest BCUT2D eigenvalue weighted by molar-refractivity contribution is 5.87. The Kier molecular flexibility index (Phi) is 17.0. The zero-order valence-electron chi connectivity index (χ0n) is 18.2. The first-order chi connectivity index (χ1) is 16.0. The van der Waals surface area contributed by atoms with Gasteiger partial charge in [-0.3, -0.25) is 0 Å². The van der Waals surface area contributed by atoms with Gasteiger partial charge in [0, 0.05) is 11.6 Å². The molecule has 0 fully saturated rings. The van der Waals surface area contributed by atoms with Crippen LogP contribution in [0.5, 0.6) is 11.5 Å². The molecule has 0 saturated carbocycles. The van der Waals surface area contributed by atoms with Crippen molar-refractivity contribution in [3.63, 3.8) is 0 Å². The minimum atomic E-state index is -0.493. The molecule has 0 amide bonds. The average molecular weight is 509 g/mol. The first-order valence-corrected chi connectivity index (χ1v) is 10.2. The summed E-state index contributed by atoms with van der Waals surface area (Å²) in [5.74, 6) is 0.189. The van der Waals surface area contributed by atoms with Gasteiger partial charge in [0.1, 0.15) is 11.5 Å². The van der Waals surface area contributed by atoms with E-state index in [1.807, 2.05) is 54.6 Å². The molecule has 0 heterocycles. The first kappa shape index (κ1) is 34.8. The molecule has 6 nitrogen and oxygen atoms in total. The van der Waals surface area contributed by atoms with E-state index in [0.717, 1.165) is 16.7 Å². The number of esters is 2. The monoisotopic (exact) mass is 508 g/mol. The summed E-state index contributed by atoms with van der Waals surface area (Å²) in [6, 6.07) is 24.2. The lowest BCUT2D eigenvalue weighted by atomic mass is 10.1. The van der Waals surface area contributed by atoms with Crippen molar-refractivity contribution in [2.24, 2.45) is 0 Å². The molecule has 3 rings (SSSR count). The third-order valence-corrected chi connectivity index (χ3v) is 4.44. The molecule has 200 valence electrons. The van der Waals surface area contributed by atoms with Crippen molar-refractivity contribution in [3.05, 3.63) is 103 Å². The van der Waals surface area contributed by atoms with Gasteiger partial charge in [-0.2, -0.15) is 0 Å². The van der Waals surface area contributed by atoms with Crippen molar-refractivity contribution >= 4 is 18.0 Å². The van der Waals surface area contributed by atoms with Crippen molar-refractivity contribution in [2.75, 3.05) is 13.6 Å². The summed E-state index contributed by atoms with van der Waals surface area (Å²) in [6.07, 6.45) is 3.04. The molecule has 0 unspecified atom stereocenters. The SMILES string of the molecule is C.C.C.C.C=C(C)C(=O)OCOc1ccc(-c2ccc(OCOC(=O)C=Cc3ccccc3)cc2)cc1. The smallest absolute Gasteiger partial charge is 0.335 e. The quantitative estimate of drug-likeness (QED) is 0.157. The Labute approximate surface area is 222 Å². The summed E-state index contributed by atoms with van der Waals surface area (Å²) in [6.45, 7) is 4.73. The molecule has 6 heteroatoms. The van der Waals surface area contributed by atoms with Crippen molar-refractivity contribution in [2.45, 2.75) is 36.6 Å². The van der Waals surface area contributed by atoms with Crippen LogP contribution in [-0.2, 0) is 19.1 Å². The number of ether oxygens (including phenoxy) is 4. The molecule has 0 atom stereocenters. The molecule has 0 aliphatic carbocycles. The van der Waals surface area contributed by atoms with Crippen LogP contribution in [-0.4, -0.2) is 25.5 Å². The van der Waals surface area contributed by atoms with Crippen LogP contribution in [0, 0.1) is 0 Å². The van der Waals surface area contributed by atoms with Gasteiger partial charge in [0.05, 0.1) is 0 Å². The predicted molar refractivity (Wildman–Crippen MR) is 152 cm³/mol. The molecule has 3 aromatic rings. The highest BCUT2D eigenvalue weighted by atomic mass is 16.7. The van der Waals surface area contributed by atoms with E-state index >= 15 is 0 Å². The van der Waals surface area contributed by atoms with Crippen molar-refractivity contribution in [1.29, 1.82) is 0 Å². The summed E-state index contributed by atoms with van der Waals surface area (Å²) >= 11 is 0. The highest BCUT2D eigenvalue weighted by Crippen LogP contribution is 2.24. The third kappa shape index (κ3) is 11.8. The molecule has 37 heavy (non-hydrogen) atoms. The second-order valence-corrected chi connectivity index (χ2v) is 6.99. The van der Waals surface area contributed by atoms with Gasteiger partial charge in [0.25, 0.3) is 0 Å². The molecule has 0 N–H and O–H groups in total. The molecular weight excluding hydrogens is 468 g/mol. The largest absolute Gasteiger partial charge is 0.457 e. The van der Waals surface area contributed by atoms with E-state index in [9.17, 15) is 9.59 Å². The second kappa shape index (κ2) is 18.0. The Balaban J connectivity index is 0. The van der Waals surface area contributed by atoms with E-state index < -0.39 is 11.9 Å². The van der Waals surface area contributed by atoms with Crippen LogP contribution in [0.15, 0.2) is 97.1 Å². The average Bonchev–Trinajstić information content (AvgIpc) is 2.84. The van der Waals surface area contributed by atoms with Crippen LogP contribution in [0.3, 0.4) is 0 Å². The normalized spacial score (nSPS) is 9.32. The maximum absolute atomic E-state index is 11.8. The Morgan fingerprint density at radius 1 is 0.703 bits per heavy atom. The van der Waals surface area contributed by atoms with Gasteiger partial charge in [-0.15, -0.1) is 0 Å². The van der Waals surface area contributed by atoms with Crippen LogP contribution in [0.2, 0.25) is 0 Å². The van der Waals surface area contributed by atoms with E-state index in [1.54, 1.807) is 37.3 Å². The Morgan fingerprint density at radius 3 is 1.62 bits per heavy atom. The van der Waals surface area contributed by atoms with E-state index in [1.165, 1.54) is 6.08 Å². The minimum Gasteiger partial charge on any atom is -0.457 e. The van der Waals surface area contributed by atoms with E-state index in [-0.39, 0.29) is 43.3 Å². The lowest BCUT2D eigenvalue weighted by Crippen LogP contribution is -2.10. The fourth-order valence-corrected chi connectivity index (χ4v) is 2.69. The topological polar surface area (TPSA) is 71.1 Å². The maximum atomic E-state index is 11.8. The summed E-state index contributed by atoms with van der Waals surface area (Å²) in [4.78, 5) is 23.1. The van der Waals surface area contributed by atoms with E-state index in [4.69, 9.17) is 18.9 Å². The van der Waals surface area contributed by atoms with Crippen LogP contribution in [0.25, 0.3) is 17.2 Å².